The Morgan fingerprint density at radius 3 is 2.68 bits per heavy atom. The SMILES string of the molecule is Cc1cc(C)nc(SCC(=O)N/N=C\c2cc3c(cc2Br)OCO3)n1. The molecule has 0 aliphatic carbocycles. The van der Waals surface area contributed by atoms with E-state index in [2.05, 4.69) is 36.4 Å². The molecule has 1 aliphatic heterocycles. The van der Waals surface area contributed by atoms with E-state index in [1.807, 2.05) is 19.9 Å². The van der Waals surface area contributed by atoms with Gasteiger partial charge in [-0.2, -0.15) is 5.10 Å². The fraction of sp³-hybridized carbons (Fsp3) is 0.250. The number of ether oxygens (including phenoxy) is 2. The average molecular weight is 423 g/mol. The Morgan fingerprint density at radius 1 is 1.28 bits per heavy atom. The quantitative estimate of drug-likeness (QED) is 0.345. The molecule has 1 aliphatic rings. The summed E-state index contributed by atoms with van der Waals surface area (Å²) in [7, 11) is 0. The van der Waals surface area contributed by atoms with Crippen LogP contribution in [0.2, 0.25) is 0 Å². The van der Waals surface area contributed by atoms with Crippen LogP contribution < -0.4 is 14.9 Å². The molecule has 25 heavy (non-hydrogen) atoms. The molecule has 1 N–H and O–H groups in total. The highest BCUT2D eigenvalue weighted by atomic mass is 79.9. The highest BCUT2D eigenvalue weighted by Gasteiger charge is 2.15. The van der Waals surface area contributed by atoms with Crippen molar-refractivity contribution < 1.29 is 14.3 Å². The van der Waals surface area contributed by atoms with E-state index < -0.39 is 0 Å². The molecule has 2 heterocycles. The summed E-state index contributed by atoms with van der Waals surface area (Å²) < 4.78 is 11.4. The molecule has 0 saturated heterocycles. The number of carbonyl (C=O) groups is 1. The molecule has 0 saturated carbocycles. The highest BCUT2D eigenvalue weighted by molar-refractivity contribution is 9.10. The van der Waals surface area contributed by atoms with Crippen molar-refractivity contribution in [3.05, 3.63) is 39.6 Å². The zero-order chi connectivity index (χ0) is 17.8. The number of nitrogens with zero attached hydrogens (tertiary/aromatic N) is 3. The maximum Gasteiger partial charge on any atom is 0.250 e. The molecule has 7 nitrogen and oxygen atoms in total. The number of hydrogen-bond donors (Lipinski definition) is 1. The molecule has 1 amide bonds. The van der Waals surface area contributed by atoms with Gasteiger partial charge < -0.3 is 9.47 Å². The summed E-state index contributed by atoms with van der Waals surface area (Å²) in [4.78, 5) is 20.5. The second-order valence-corrected chi connectivity index (χ2v) is 7.04. The van der Waals surface area contributed by atoms with Gasteiger partial charge in [-0.3, -0.25) is 4.79 Å². The summed E-state index contributed by atoms with van der Waals surface area (Å²) in [5, 5.41) is 4.55. The first kappa shape index (κ1) is 17.7. The summed E-state index contributed by atoms with van der Waals surface area (Å²) in [5.74, 6) is 1.28. The minimum Gasteiger partial charge on any atom is -0.454 e. The number of benzene rings is 1. The Bertz CT molecular complexity index is 824. The van der Waals surface area contributed by atoms with E-state index in [9.17, 15) is 4.79 Å². The van der Waals surface area contributed by atoms with Crippen molar-refractivity contribution in [1.29, 1.82) is 0 Å². The van der Waals surface area contributed by atoms with Crippen LogP contribution in [-0.2, 0) is 4.79 Å². The van der Waals surface area contributed by atoms with Crippen molar-refractivity contribution in [1.82, 2.24) is 15.4 Å². The number of carbonyl (C=O) groups excluding carboxylic acids is 1. The fourth-order valence-corrected chi connectivity index (χ4v) is 3.29. The van der Waals surface area contributed by atoms with Crippen molar-refractivity contribution >= 4 is 39.8 Å². The third kappa shape index (κ3) is 4.70. The maximum atomic E-state index is 11.9. The van der Waals surface area contributed by atoms with E-state index in [4.69, 9.17) is 9.47 Å². The van der Waals surface area contributed by atoms with Crippen LogP contribution in [0.15, 0.2) is 32.9 Å². The number of hydrogen-bond acceptors (Lipinski definition) is 7. The van der Waals surface area contributed by atoms with Gasteiger partial charge in [-0.1, -0.05) is 11.8 Å². The lowest BCUT2D eigenvalue weighted by atomic mass is 10.2. The minimum absolute atomic E-state index is 0.183. The smallest absolute Gasteiger partial charge is 0.250 e. The predicted octanol–water partition coefficient (Wildman–Crippen LogP) is 2.83. The average Bonchev–Trinajstić information content (AvgIpc) is 2.99. The number of amides is 1. The van der Waals surface area contributed by atoms with Crippen molar-refractivity contribution in [2.75, 3.05) is 12.5 Å². The zero-order valence-electron chi connectivity index (χ0n) is 13.6. The highest BCUT2D eigenvalue weighted by Crippen LogP contribution is 2.36. The molecule has 0 unspecified atom stereocenters. The lowest BCUT2D eigenvalue weighted by Gasteiger charge is -2.03. The van der Waals surface area contributed by atoms with Gasteiger partial charge in [-0.15, -0.1) is 0 Å². The summed E-state index contributed by atoms with van der Waals surface area (Å²) in [6.45, 7) is 4.00. The lowest BCUT2D eigenvalue weighted by Crippen LogP contribution is -2.19. The zero-order valence-corrected chi connectivity index (χ0v) is 16.0. The first-order valence-corrected chi connectivity index (χ1v) is 9.15. The van der Waals surface area contributed by atoms with E-state index in [1.54, 1.807) is 18.3 Å². The van der Waals surface area contributed by atoms with Gasteiger partial charge in [0.2, 0.25) is 6.79 Å². The normalized spacial score (nSPS) is 12.6. The topological polar surface area (TPSA) is 85.7 Å². The van der Waals surface area contributed by atoms with E-state index in [-0.39, 0.29) is 18.5 Å². The van der Waals surface area contributed by atoms with Gasteiger partial charge in [-0.05, 0) is 48.0 Å². The Morgan fingerprint density at radius 2 is 1.96 bits per heavy atom. The number of fused-ring (bicyclic) bond motifs is 1. The molecule has 2 aromatic rings. The second kappa shape index (κ2) is 7.83. The van der Waals surface area contributed by atoms with Crippen LogP contribution in [0, 0.1) is 13.8 Å². The molecule has 1 aromatic carbocycles. The summed E-state index contributed by atoms with van der Waals surface area (Å²) in [5.41, 5.74) is 5.01. The summed E-state index contributed by atoms with van der Waals surface area (Å²) in [6, 6.07) is 5.48. The van der Waals surface area contributed by atoms with Crippen molar-refractivity contribution in [2.45, 2.75) is 19.0 Å². The number of nitrogens with one attached hydrogen (secondary N) is 1. The monoisotopic (exact) mass is 422 g/mol. The Kier molecular flexibility index (Phi) is 5.54. The molecule has 1 aromatic heterocycles. The number of rotatable bonds is 5. The fourth-order valence-electron chi connectivity index (χ4n) is 2.13. The number of aryl methyl sites for hydroxylation is 2. The van der Waals surface area contributed by atoms with Crippen LogP contribution in [0.5, 0.6) is 11.5 Å². The van der Waals surface area contributed by atoms with E-state index in [0.717, 1.165) is 21.4 Å². The lowest BCUT2D eigenvalue weighted by molar-refractivity contribution is -0.118. The third-order valence-corrected chi connectivity index (χ3v) is 4.71. The van der Waals surface area contributed by atoms with Crippen molar-refractivity contribution in [3.63, 3.8) is 0 Å². The number of thioether (sulfide) groups is 1. The van der Waals surface area contributed by atoms with Gasteiger partial charge in [0.05, 0.1) is 12.0 Å². The molecule has 3 rings (SSSR count). The molecule has 0 fully saturated rings. The van der Waals surface area contributed by atoms with E-state index in [0.29, 0.717) is 16.7 Å². The van der Waals surface area contributed by atoms with Crippen molar-refractivity contribution in [2.24, 2.45) is 5.10 Å². The van der Waals surface area contributed by atoms with Gasteiger partial charge >= 0.3 is 0 Å². The Hall–Kier alpha value is -2.13. The molecule has 130 valence electrons. The molecule has 0 bridgehead atoms. The minimum atomic E-state index is -0.235. The first-order valence-electron chi connectivity index (χ1n) is 7.37. The third-order valence-electron chi connectivity index (χ3n) is 3.18. The van der Waals surface area contributed by atoms with Crippen LogP contribution in [0.25, 0.3) is 0 Å². The first-order chi connectivity index (χ1) is 12.0. The molecule has 0 radical (unpaired) electrons. The van der Waals surface area contributed by atoms with Crippen molar-refractivity contribution in [3.8, 4) is 11.5 Å². The molecule has 0 atom stereocenters. The van der Waals surface area contributed by atoms with E-state index in [1.165, 1.54) is 11.8 Å². The number of halogens is 1. The van der Waals surface area contributed by atoms with Crippen LogP contribution in [0.4, 0.5) is 0 Å². The van der Waals surface area contributed by atoms with Gasteiger partial charge in [0.15, 0.2) is 16.7 Å². The molecular formula is C16H15BrN4O3S. The molecule has 9 heteroatoms. The maximum absolute atomic E-state index is 11.9. The summed E-state index contributed by atoms with van der Waals surface area (Å²) in [6.07, 6.45) is 1.54. The molecule has 0 spiro atoms. The second-order valence-electron chi connectivity index (χ2n) is 5.24. The Labute approximate surface area is 157 Å². The van der Waals surface area contributed by atoms with Crippen LogP contribution in [0.1, 0.15) is 17.0 Å². The standard InChI is InChI=1S/C16H15BrN4O3S/c1-9-3-10(2)20-16(19-9)25-7-15(22)21-18-6-11-4-13-14(5-12(11)17)24-8-23-13/h3-6H,7-8H2,1-2H3,(H,21,22)/b18-6-. The van der Waals surface area contributed by atoms with Gasteiger partial charge in [0.1, 0.15) is 0 Å². The Balaban J connectivity index is 1.54. The van der Waals surface area contributed by atoms with Crippen LogP contribution in [-0.4, -0.2) is 34.6 Å². The number of aromatic nitrogens is 2. The van der Waals surface area contributed by atoms with E-state index >= 15 is 0 Å². The predicted molar refractivity (Wildman–Crippen MR) is 98.2 cm³/mol. The molecular weight excluding hydrogens is 408 g/mol. The summed E-state index contributed by atoms with van der Waals surface area (Å²) >= 11 is 4.70. The number of hydrazone groups is 1. The van der Waals surface area contributed by atoms with Gasteiger partial charge in [0.25, 0.3) is 5.91 Å². The van der Waals surface area contributed by atoms with Crippen LogP contribution >= 0.6 is 27.7 Å². The van der Waals surface area contributed by atoms with Crippen LogP contribution in [0.3, 0.4) is 0 Å². The van der Waals surface area contributed by atoms with Gasteiger partial charge in [0, 0.05) is 21.4 Å². The van der Waals surface area contributed by atoms with Gasteiger partial charge in [-0.25, -0.2) is 15.4 Å². The largest absolute Gasteiger partial charge is 0.454 e.